The molecule has 31 heavy (non-hydrogen) atoms. The number of hydrogen-bond acceptors (Lipinski definition) is 6. The van der Waals surface area contributed by atoms with Gasteiger partial charge in [0.1, 0.15) is 0 Å². The second-order valence-corrected chi connectivity index (χ2v) is 9.83. The maximum atomic E-state index is 12.7. The molecule has 0 bridgehead atoms. The number of nitriles is 1. The molecule has 2 aromatic rings. The largest absolute Gasteiger partial charge is 0.448 e. The van der Waals surface area contributed by atoms with Crippen molar-refractivity contribution in [1.82, 2.24) is 4.31 Å². The Labute approximate surface area is 181 Å². The molecule has 8 nitrogen and oxygen atoms in total. The van der Waals surface area contributed by atoms with Crippen molar-refractivity contribution in [2.45, 2.75) is 42.8 Å². The molecule has 162 valence electrons. The van der Waals surface area contributed by atoms with Gasteiger partial charge in [-0.3, -0.25) is 4.79 Å². The Kier molecular flexibility index (Phi) is 5.60. The van der Waals surface area contributed by atoms with Gasteiger partial charge in [0.15, 0.2) is 11.5 Å². The van der Waals surface area contributed by atoms with Crippen LogP contribution in [-0.4, -0.2) is 38.0 Å². The van der Waals surface area contributed by atoms with Crippen LogP contribution < -0.4 is 14.8 Å². The predicted octanol–water partition coefficient (Wildman–Crippen LogP) is 3.25. The van der Waals surface area contributed by atoms with Crippen molar-refractivity contribution >= 4 is 21.6 Å². The Morgan fingerprint density at radius 3 is 2.45 bits per heavy atom. The van der Waals surface area contributed by atoms with E-state index >= 15 is 0 Å². The monoisotopic (exact) mass is 441 g/mol. The number of fused-ring (bicyclic) bond motifs is 1. The number of likely N-dealkylation sites (N-methyl/N-ethyl adjacent to an activating group) is 1. The van der Waals surface area contributed by atoms with Crippen LogP contribution in [-0.2, 0) is 14.8 Å². The maximum absolute atomic E-state index is 12.7. The number of ether oxygens (including phenoxy) is 2. The second-order valence-electron chi connectivity index (χ2n) is 7.78. The first-order chi connectivity index (χ1) is 14.8. The zero-order valence-electron chi connectivity index (χ0n) is 17.1. The molecular formula is C22H23N3O5S. The van der Waals surface area contributed by atoms with Crippen LogP contribution in [0.5, 0.6) is 11.5 Å². The van der Waals surface area contributed by atoms with Crippen LogP contribution in [0, 0.1) is 11.3 Å². The van der Waals surface area contributed by atoms with Crippen molar-refractivity contribution in [3.8, 4) is 17.6 Å². The Bertz CT molecular complexity index is 1130. The summed E-state index contributed by atoms with van der Waals surface area (Å²) in [5.74, 6) is 0.156. The predicted molar refractivity (Wildman–Crippen MR) is 113 cm³/mol. The number of amides is 1. The van der Waals surface area contributed by atoms with E-state index in [1.54, 1.807) is 18.2 Å². The summed E-state index contributed by atoms with van der Waals surface area (Å²) in [5, 5.41) is 11.6. The van der Waals surface area contributed by atoms with E-state index in [4.69, 9.17) is 14.7 Å². The summed E-state index contributed by atoms with van der Waals surface area (Å²) in [6.45, 7) is -0.360. The van der Waals surface area contributed by atoms with Gasteiger partial charge in [-0.2, -0.15) is 9.57 Å². The van der Waals surface area contributed by atoms with Gasteiger partial charge in [-0.15, -0.1) is 0 Å². The molecule has 1 saturated carbocycles. The summed E-state index contributed by atoms with van der Waals surface area (Å²) in [4.78, 5) is 12.5. The number of nitrogens with zero attached hydrogens (tertiary/aromatic N) is 2. The SMILES string of the molecule is CN(CC(=O)Nc1ccc2c(c1)OC1(CCCCC1)O2)S(=O)(=O)c1ccc(C#N)cc1. The second kappa shape index (κ2) is 8.21. The van der Waals surface area contributed by atoms with Crippen LogP contribution in [0.25, 0.3) is 0 Å². The lowest BCUT2D eigenvalue weighted by molar-refractivity contribution is -0.116. The van der Waals surface area contributed by atoms with E-state index in [1.807, 2.05) is 6.07 Å². The molecule has 4 rings (SSSR count). The lowest BCUT2D eigenvalue weighted by atomic mass is 9.94. The molecule has 1 aliphatic heterocycles. The number of rotatable bonds is 5. The number of benzene rings is 2. The minimum atomic E-state index is -3.86. The molecule has 1 fully saturated rings. The highest BCUT2D eigenvalue weighted by Crippen LogP contribution is 2.46. The normalized spacial score (nSPS) is 16.8. The van der Waals surface area contributed by atoms with Gasteiger partial charge in [-0.25, -0.2) is 8.42 Å². The summed E-state index contributed by atoms with van der Waals surface area (Å²) >= 11 is 0. The fraction of sp³-hybridized carbons (Fsp3) is 0.364. The molecule has 1 amide bonds. The van der Waals surface area contributed by atoms with Gasteiger partial charge in [0.2, 0.25) is 15.9 Å². The fourth-order valence-corrected chi connectivity index (χ4v) is 4.96. The molecule has 0 aromatic heterocycles. The first kappa shape index (κ1) is 21.2. The van der Waals surface area contributed by atoms with E-state index in [9.17, 15) is 13.2 Å². The molecule has 1 heterocycles. The van der Waals surface area contributed by atoms with Crippen LogP contribution in [0.2, 0.25) is 0 Å². The van der Waals surface area contributed by atoms with Gasteiger partial charge in [-0.05, 0) is 49.2 Å². The van der Waals surface area contributed by atoms with E-state index < -0.39 is 21.7 Å². The van der Waals surface area contributed by atoms with Gasteiger partial charge in [0.25, 0.3) is 5.79 Å². The molecule has 1 N–H and O–H groups in total. The highest BCUT2D eigenvalue weighted by atomic mass is 32.2. The Balaban J connectivity index is 1.40. The van der Waals surface area contributed by atoms with Crippen LogP contribution in [0.1, 0.15) is 37.7 Å². The van der Waals surface area contributed by atoms with Crippen LogP contribution in [0.3, 0.4) is 0 Å². The molecule has 0 atom stereocenters. The summed E-state index contributed by atoms with van der Waals surface area (Å²) < 4.78 is 38.4. The first-order valence-electron chi connectivity index (χ1n) is 10.1. The van der Waals surface area contributed by atoms with Gasteiger partial charge in [-0.1, -0.05) is 6.42 Å². The van der Waals surface area contributed by atoms with Gasteiger partial charge in [0.05, 0.1) is 23.1 Å². The van der Waals surface area contributed by atoms with E-state index in [0.29, 0.717) is 22.7 Å². The number of anilines is 1. The summed E-state index contributed by atoms with van der Waals surface area (Å²) in [6, 6.07) is 12.6. The summed E-state index contributed by atoms with van der Waals surface area (Å²) in [6.07, 6.45) is 4.95. The van der Waals surface area contributed by atoms with Gasteiger partial charge >= 0.3 is 0 Å². The Morgan fingerprint density at radius 1 is 1.10 bits per heavy atom. The first-order valence-corrected chi connectivity index (χ1v) is 11.5. The molecule has 0 unspecified atom stereocenters. The summed E-state index contributed by atoms with van der Waals surface area (Å²) in [7, 11) is -2.53. The van der Waals surface area contributed by atoms with Crippen LogP contribution in [0.4, 0.5) is 5.69 Å². The number of carbonyl (C=O) groups excluding carboxylic acids is 1. The van der Waals surface area contributed by atoms with Gasteiger partial charge in [0, 0.05) is 31.6 Å². The molecule has 2 aromatic carbocycles. The van der Waals surface area contributed by atoms with Crippen molar-refractivity contribution < 1.29 is 22.7 Å². The minimum Gasteiger partial charge on any atom is -0.448 e. The molecule has 2 aliphatic rings. The van der Waals surface area contributed by atoms with Crippen molar-refractivity contribution in [2.75, 3.05) is 18.9 Å². The average Bonchev–Trinajstić information content (AvgIpc) is 3.10. The Morgan fingerprint density at radius 2 is 1.77 bits per heavy atom. The minimum absolute atomic E-state index is 0.0164. The van der Waals surface area contributed by atoms with Crippen molar-refractivity contribution in [1.29, 1.82) is 5.26 Å². The van der Waals surface area contributed by atoms with E-state index in [2.05, 4.69) is 5.32 Å². The van der Waals surface area contributed by atoms with Crippen molar-refractivity contribution in [2.24, 2.45) is 0 Å². The highest BCUT2D eigenvalue weighted by Gasteiger charge is 2.42. The molecule has 0 radical (unpaired) electrons. The Hall–Kier alpha value is -3.09. The number of carbonyl (C=O) groups is 1. The highest BCUT2D eigenvalue weighted by molar-refractivity contribution is 7.89. The average molecular weight is 442 g/mol. The fourth-order valence-electron chi connectivity index (χ4n) is 3.84. The third kappa shape index (κ3) is 4.36. The maximum Gasteiger partial charge on any atom is 0.251 e. The van der Waals surface area contributed by atoms with Gasteiger partial charge < -0.3 is 14.8 Å². The molecule has 0 saturated heterocycles. The lowest BCUT2D eigenvalue weighted by Crippen LogP contribution is -2.40. The third-order valence-corrected chi connectivity index (χ3v) is 7.31. The third-order valence-electron chi connectivity index (χ3n) is 5.49. The van der Waals surface area contributed by atoms with Crippen LogP contribution in [0.15, 0.2) is 47.4 Å². The molecule has 9 heteroatoms. The molecular weight excluding hydrogens is 418 g/mol. The van der Waals surface area contributed by atoms with Crippen molar-refractivity contribution in [3.05, 3.63) is 48.0 Å². The standard InChI is InChI=1S/C22H23N3O5S/c1-25(31(27,28)18-8-5-16(14-23)6-9-18)15-21(26)24-17-7-10-19-20(13-17)30-22(29-19)11-3-2-4-12-22/h5-10,13H,2-4,11-12,15H2,1H3,(H,24,26). The van der Waals surface area contributed by atoms with Crippen molar-refractivity contribution in [3.63, 3.8) is 0 Å². The van der Waals surface area contributed by atoms with E-state index in [1.165, 1.54) is 37.7 Å². The lowest BCUT2D eigenvalue weighted by Gasteiger charge is -2.31. The zero-order valence-corrected chi connectivity index (χ0v) is 17.9. The molecule has 1 aliphatic carbocycles. The summed E-state index contributed by atoms with van der Waals surface area (Å²) in [5.41, 5.74) is 0.863. The van der Waals surface area contributed by atoms with E-state index in [0.717, 1.165) is 30.0 Å². The number of nitrogens with one attached hydrogen (secondary N) is 1. The quantitative estimate of drug-likeness (QED) is 0.763. The zero-order chi connectivity index (χ0) is 22.1. The molecule has 1 spiro atoms. The topological polar surface area (TPSA) is 109 Å². The van der Waals surface area contributed by atoms with E-state index in [-0.39, 0.29) is 11.4 Å². The number of hydrogen-bond donors (Lipinski definition) is 1. The van der Waals surface area contributed by atoms with Crippen LogP contribution >= 0.6 is 0 Å². The number of sulfonamides is 1. The smallest absolute Gasteiger partial charge is 0.251 e.